The smallest absolute Gasteiger partial charge is 0.0942 e. The maximum absolute atomic E-state index is 9.20. The van der Waals surface area contributed by atoms with Gasteiger partial charge in [0, 0.05) is 12.2 Å². The summed E-state index contributed by atoms with van der Waals surface area (Å²) in [7, 11) is 0. The fourth-order valence-electron chi connectivity index (χ4n) is 1.67. The molecule has 0 spiro atoms. The molecule has 1 aromatic carbocycles. The number of nitrogens with one attached hydrogen (secondary N) is 1. The Bertz CT molecular complexity index is 298. The van der Waals surface area contributed by atoms with Crippen LogP contribution in [0.2, 0.25) is 0 Å². The molecule has 0 aliphatic rings. The van der Waals surface area contributed by atoms with Crippen molar-refractivity contribution in [2.75, 3.05) is 18.5 Å². The van der Waals surface area contributed by atoms with E-state index in [0.717, 1.165) is 12.1 Å². The normalized spacial score (nSPS) is 12.4. The van der Waals surface area contributed by atoms with Gasteiger partial charge in [-0.15, -0.1) is 0 Å². The molecule has 0 fully saturated rings. The van der Waals surface area contributed by atoms with Crippen molar-refractivity contribution in [1.29, 1.82) is 0 Å². The molecule has 3 nitrogen and oxygen atoms in total. The third-order valence-electron chi connectivity index (χ3n) is 2.78. The van der Waals surface area contributed by atoms with Crippen molar-refractivity contribution in [3.8, 4) is 0 Å². The summed E-state index contributed by atoms with van der Waals surface area (Å²) in [6.07, 6.45) is 4.21. The quantitative estimate of drug-likeness (QED) is 0.607. The molecule has 0 saturated heterocycles. The van der Waals surface area contributed by atoms with E-state index in [4.69, 9.17) is 5.11 Å². The number of hydrogen-bond acceptors (Lipinski definition) is 3. The number of benzene rings is 1. The predicted molar refractivity (Wildman–Crippen MR) is 71.3 cm³/mol. The monoisotopic (exact) mass is 237 g/mol. The molecular formula is C14H23NO2. The lowest BCUT2D eigenvalue weighted by atomic mass is 10.1. The molecule has 1 aromatic rings. The fourth-order valence-corrected chi connectivity index (χ4v) is 1.67. The summed E-state index contributed by atoms with van der Waals surface area (Å²) in [6, 6.07) is 8.27. The summed E-state index contributed by atoms with van der Waals surface area (Å²) >= 11 is 0. The van der Waals surface area contributed by atoms with Crippen molar-refractivity contribution < 1.29 is 10.2 Å². The van der Waals surface area contributed by atoms with Gasteiger partial charge in [0.05, 0.1) is 12.7 Å². The minimum atomic E-state index is -0.695. The average Bonchev–Trinajstić information content (AvgIpc) is 2.37. The molecule has 3 heteroatoms. The Labute approximate surface area is 103 Å². The lowest BCUT2D eigenvalue weighted by Crippen LogP contribution is -2.22. The number of aliphatic hydroxyl groups excluding tert-OH is 2. The van der Waals surface area contributed by atoms with Gasteiger partial charge in [0.1, 0.15) is 0 Å². The molecule has 17 heavy (non-hydrogen) atoms. The molecule has 1 atom stereocenters. The van der Waals surface area contributed by atoms with E-state index in [9.17, 15) is 5.11 Å². The Kier molecular flexibility index (Phi) is 6.67. The van der Waals surface area contributed by atoms with Crippen LogP contribution < -0.4 is 5.32 Å². The first-order valence-corrected chi connectivity index (χ1v) is 6.38. The molecule has 0 saturated carbocycles. The van der Waals surface area contributed by atoms with E-state index in [1.807, 2.05) is 12.1 Å². The van der Waals surface area contributed by atoms with E-state index in [-0.39, 0.29) is 6.61 Å². The molecule has 1 unspecified atom stereocenters. The second kappa shape index (κ2) is 8.09. The topological polar surface area (TPSA) is 52.5 Å². The Hall–Kier alpha value is -1.06. The van der Waals surface area contributed by atoms with Crippen LogP contribution in [0.5, 0.6) is 0 Å². The van der Waals surface area contributed by atoms with Gasteiger partial charge in [-0.1, -0.05) is 31.9 Å². The van der Waals surface area contributed by atoms with Crippen molar-refractivity contribution in [1.82, 2.24) is 0 Å². The summed E-state index contributed by atoms with van der Waals surface area (Å²) in [4.78, 5) is 0. The minimum Gasteiger partial charge on any atom is -0.394 e. The summed E-state index contributed by atoms with van der Waals surface area (Å²) < 4.78 is 0. The van der Waals surface area contributed by atoms with E-state index in [1.54, 1.807) is 0 Å². The number of rotatable bonds is 8. The van der Waals surface area contributed by atoms with Crippen molar-refractivity contribution in [2.24, 2.45) is 0 Å². The minimum absolute atomic E-state index is 0.206. The number of unbranched alkanes of at least 4 members (excludes halogenated alkanes) is 2. The largest absolute Gasteiger partial charge is 0.394 e. The molecule has 0 aromatic heterocycles. The van der Waals surface area contributed by atoms with Gasteiger partial charge >= 0.3 is 0 Å². The highest BCUT2D eigenvalue weighted by atomic mass is 16.3. The summed E-state index contributed by atoms with van der Waals surface area (Å²) in [5, 5.41) is 21.0. The molecule has 0 radical (unpaired) electrons. The van der Waals surface area contributed by atoms with Gasteiger partial charge in [0.15, 0.2) is 0 Å². The second-order valence-electron chi connectivity index (χ2n) is 4.37. The average molecular weight is 237 g/mol. The molecule has 96 valence electrons. The molecule has 3 N–H and O–H groups in total. The fraction of sp³-hybridized carbons (Fsp3) is 0.571. The Balaban J connectivity index is 2.34. The first-order chi connectivity index (χ1) is 8.26. The lowest BCUT2D eigenvalue weighted by molar-refractivity contribution is 0.105. The van der Waals surface area contributed by atoms with E-state index in [1.165, 1.54) is 24.8 Å². The zero-order valence-corrected chi connectivity index (χ0v) is 10.5. The number of anilines is 1. The van der Waals surface area contributed by atoms with Crippen LogP contribution in [0.4, 0.5) is 5.69 Å². The SMILES string of the molecule is CCCCCc1ccc(NCC(O)CO)cc1. The zero-order chi connectivity index (χ0) is 12.5. The summed E-state index contributed by atoms with van der Waals surface area (Å²) in [5.41, 5.74) is 2.34. The van der Waals surface area contributed by atoms with Crippen molar-refractivity contribution in [3.05, 3.63) is 29.8 Å². The van der Waals surface area contributed by atoms with Gasteiger partial charge in [-0.3, -0.25) is 0 Å². The molecule has 0 heterocycles. The highest BCUT2D eigenvalue weighted by Gasteiger charge is 2.01. The number of aliphatic hydroxyl groups is 2. The molecular weight excluding hydrogens is 214 g/mol. The number of aryl methyl sites for hydroxylation is 1. The van der Waals surface area contributed by atoms with Crippen molar-refractivity contribution in [3.63, 3.8) is 0 Å². The Morgan fingerprint density at radius 2 is 1.88 bits per heavy atom. The van der Waals surface area contributed by atoms with Gasteiger partial charge in [0.2, 0.25) is 0 Å². The van der Waals surface area contributed by atoms with Crippen LogP contribution in [0.1, 0.15) is 31.7 Å². The van der Waals surface area contributed by atoms with E-state index < -0.39 is 6.10 Å². The zero-order valence-electron chi connectivity index (χ0n) is 10.5. The number of hydrogen-bond donors (Lipinski definition) is 3. The predicted octanol–water partition coefficient (Wildman–Crippen LogP) is 2.18. The van der Waals surface area contributed by atoms with E-state index in [2.05, 4.69) is 24.4 Å². The second-order valence-corrected chi connectivity index (χ2v) is 4.37. The van der Waals surface area contributed by atoms with Crippen LogP contribution in [0.3, 0.4) is 0 Å². The van der Waals surface area contributed by atoms with Crippen LogP contribution in [0, 0.1) is 0 Å². The van der Waals surface area contributed by atoms with Crippen LogP contribution in [0.15, 0.2) is 24.3 Å². The Morgan fingerprint density at radius 3 is 2.47 bits per heavy atom. The van der Waals surface area contributed by atoms with Crippen LogP contribution in [-0.4, -0.2) is 29.5 Å². The highest BCUT2D eigenvalue weighted by molar-refractivity contribution is 5.44. The van der Waals surface area contributed by atoms with Crippen molar-refractivity contribution in [2.45, 2.75) is 38.7 Å². The lowest BCUT2D eigenvalue weighted by Gasteiger charge is -2.10. The molecule has 0 aliphatic heterocycles. The first-order valence-electron chi connectivity index (χ1n) is 6.38. The third-order valence-corrected chi connectivity index (χ3v) is 2.78. The van der Waals surface area contributed by atoms with Crippen LogP contribution in [0.25, 0.3) is 0 Å². The molecule has 0 amide bonds. The molecule has 0 bridgehead atoms. The third kappa shape index (κ3) is 5.71. The standard InChI is InChI=1S/C14H23NO2/c1-2-3-4-5-12-6-8-13(9-7-12)15-10-14(17)11-16/h6-9,14-17H,2-5,10-11H2,1H3. The maximum atomic E-state index is 9.20. The van der Waals surface area contributed by atoms with Gasteiger partial charge in [-0.25, -0.2) is 0 Å². The summed E-state index contributed by atoms with van der Waals surface area (Å²) in [5.74, 6) is 0. The van der Waals surface area contributed by atoms with E-state index in [0.29, 0.717) is 6.54 Å². The van der Waals surface area contributed by atoms with Gasteiger partial charge in [-0.05, 0) is 30.5 Å². The summed E-state index contributed by atoms with van der Waals surface area (Å²) in [6.45, 7) is 2.38. The van der Waals surface area contributed by atoms with Crippen molar-refractivity contribution >= 4 is 5.69 Å². The van der Waals surface area contributed by atoms with Crippen LogP contribution in [-0.2, 0) is 6.42 Å². The van der Waals surface area contributed by atoms with Gasteiger partial charge in [-0.2, -0.15) is 0 Å². The van der Waals surface area contributed by atoms with E-state index >= 15 is 0 Å². The molecule has 1 rings (SSSR count). The molecule has 0 aliphatic carbocycles. The Morgan fingerprint density at radius 1 is 1.18 bits per heavy atom. The van der Waals surface area contributed by atoms with Gasteiger partial charge in [0.25, 0.3) is 0 Å². The first kappa shape index (κ1) is 14.0. The highest BCUT2D eigenvalue weighted by Crippen LogP contribution is 2.12. The maximum Gasteiger partial charge on any atom is 0.0942 e. The van der Waals surface area contributed by atoms with Crippen LogP contribution >= 0.6 is 0 Å². The van der Waals surface area contributed by atoms with Gasteiger partial charge < -0.3 is 15.5 Å².